The van der Waals surface area contributed by atoms with Gasteiger partial charge in [-0.2, -0.15) is 0 Å². The van der Waals surface area contributed by atoms with E-state index in [1.165, 1.54) is 19.2 Å². The molecule has 0 spiro atoms. The molecular weight excluding hydrogens is 582 g/mol. The number of nitrogens with zero attached hydrogens (tertiary/aromatic N) is 2. The number of hydrogen-bond donors (Lipinski definition) is 3. The molecule has 1 fully saturated rings. The van der Waals surface area contributed by atoms with E-state index < -0.39 is 12.1 Å². The van der Waals surface area contributed by atoms with Crippen molar-refractivity contribution in [3.05, 3.63) is 96.5 Å². The number of ether oxygens (including phenoxy) is 2. The molecule has 0 aliphatic heterocycles. The SMILES string of the molecule is COc1cc(NC(=O)Nc2cccc(CNC(=O)OC(CCN(CC(C)C)CC3CC3)c3ccccc3)c2)ccc1-c1cnco1. The van der Waals surface area contributed by atoms with Gasteiger partial charge in [0, 0.05) is 50.0 Å². The molecule has 1 aromatic heterocycles. The number of rotatable bonds is 15. The highest BCUT2D eigenvalue weighted by Gasteiger charge is 2.26. The van der Waals surface area contributed by atoms with Gasteiger partial charge in [-0.15, -0.1) is 0 Å². The monoisotopic (exact) mass is 625 g/mol. The minimum absolute atomic E-state index is 0.249. The lowest BCUT2D eigenvalue weighted by atomic mass is 10.1. The van der Waals surface area contributed by atoms with Gasteiger partial charge >= 0.3 is 12.1 Å². The summed E-state index contributed by atoms with van der Waals surface area (Å²) in [7, 11) is 1.55. The second kappa shape index (κ2) is 15.9. The maximum atomic E-state index is 13.0. The minimum Gasteiger partial charge on any atom is -0.496 e. The molecule has 1 aliphatic rings. The van der Waals surface area contributed by atoms with Crippen LogP contribution in [0.15, 0.2) is 89.8 Å². The zero-order chi connectivity index (χ0) is 32.3. The van der Waals surface area contributed by atoms with E-state index in [4.69, 9.17) is 13.9 Å². The van der Waals surface area contributed by atoms with Gasteiger partial charge in [0.15, 0.2) is 12.2 Å². The van der Waals surface area contributed by atoms with Gasteiger partial charge in [0.25, 0.3) is 0 Å². The lowest BCUT2D eigenvalue weighted by Crippen LogP contribution is -2.33. The average Bonchev–Trinajstić information content (AvgIpc) is 3.70. The van der Waals surface area contributed by atoms with Crippen LogP contribution in [0.2, 0.25) is 0 Å². The standard InChI is InChI=1S/C36H43N5O5/c1-25(2)22-41(23-26-12-13-26)17-16-32(28-9-5-4-6-10-28)46-36(43)38-20-27-8-7-11-29(18-27)39-35(42)40-30-14-15-31(33(19-30)44-3)34-21-37-24-45-34/h4-11,14-15,18-19,21,24-26,32H,12-13,16-17,20,22-23H2,1-3H3,(H,38,43)(H2,39,40,42). The summed E-state index contributed by atoms with van der Waals surface area (Å²) in [5.41, 5.74) is 3.65. The Morgan fingerprint density at radius 2 is 1.78 bits per heavy atom. The Balaban J connectivity index is 1.14. The number of hydrogen-bond acceptors (Lipinski definition) is 7. The van der Waals surface area contributed by atoms with Crippen LogP contribution in [0, 0.1) is 11.8 Å². The smallest absolute Gasteiger partial charge is 0.408 e. The molecule has 46 heavy (non-hydrogen) atoms. The van der Waals surface area contributed by atoms with Crippen LogP contribution in [0.5, 0.6) is 5.75 Å². The van der Waals surface area contributed by atoms with Crippen molar-refractivity contribution in [2.24, 2.45) is 11.8 Å². The first-order valence-corrected chi connectivity index (χ1v) is 15.8. The Labute approximate surface area is 270 Å². The Bertz CT molecular complexity index is 1550. The third-order valence-electron chi connectivity index (χ3n) is 7.74. The molecule has 3 N–H and O–H groups in total. The van der Waals surface area contributed by atoms with Crippen molar-refractivity contribution < 1.29 is 23.5 Å². The van der Waals surface area contributed by atoms with Crippen molar-refractivity contribution in [3.63, 3.8) is 0 Å². The zero-order valence-corrected chi connectivity index (χ0v) is 26.7. The summed E-state index contributed by atoms with van der Waals surface area (Å²) in [6.45, 7) is 7.75. The molecule has 242 valence electrons. The van der Waals surface area contributed by atoms with Crippen molar-refractivity contribution in [1.29, 1.82) is 0 Å². The Morgan fingerprint density at radius 3 is 2.48 bits per heavy atom. The van der Waals surface area contributed by atoms with E-state index in [-0.39, 0.29) is 12.6 Å². The van der Waals surface area contributed by atoms with Gasteiger partial charge in [-0.3, -0.25) is 0 Å². The van der Waals surface area contributed by atoms with Crippen molar-refractivity contribution in [3.8, 4) is 17.1 Å². The molecule has 4 aromatic rings. The van der Waals surface area contributed by atoms with Gasteiger partial charge in [-0.1, -0.05) is 56.3 Å². The molecule has 5 rings (SSSR count). The van der Waals surface area contributed by atoms with E-state index in [2.05, 4.69) is 39.7 Å². The molecule has 0 radical (unpaired) electrons. The van der Waals surface area contributed by atoms with Crippen molar-refractivity contribution in [2.45, 2.75) is 45.8 Å². The van der Waals surface area contributed by atoms with Crippen molar-refractivity contribution >= 4 is 23.5 Å². The molecule has 1 unspecified atom stereocenters. The summed E-state index contributed by atoms with van der Waals surface area (Å²) in [5, 5.41) is 8.54. The fourth-order valence-electron chi connectivity index (χ4n) is 5.42. The van der Waals surface area contributed by atoms with Crippen LogP contribution >= 0.6 is 0 Å². The Morgan fingerprint density at radius 1 is 1.00 bits per heavy atom. The number of anilines is 2. The second-order valence-electron chi connectivity index (χ2n) is 12.1. The third-order valence-corrected chi connectivity index (χ3v) is 7.74. The molecule has 10 nitrogen and oxygen atoms in total. The van der Waals surface area contributed by atoms with Gasteiger partial charge in [-0.25, -0.2) is 14.6 Å². The van der Waals surface area contributed by atoms with E-state index in [9.17, 15) is 9.59 Å². The lowest BCUT2D eigenvalue weighted by molar-refractivity contribution is 0.0816. The maximum Gasteiger partial charge on any atom is 0.408 e. The number of alkyl carbamates (subject to hydrolysis) is 1. The predicted octanol–water partition coefficient (Wildman–Crippen LogP) is 7.72. The lowest BCUT2D eigenvalue weighted by Gasteiger charge is -2.27. The van der Waals surface area contributed by atoms with E-state index in [0.29, 0.717) is 28.8 Å². The van der Waals surface area contributed by atoms with Crippen LogP contribution in [0.1, 0.15) is 50.3 Å². The molecule has 0 saturated heterocycles. The van der Waals surface area contributed by atoms with E-state index in [1.54, 1.807) is 37.6 Å². The van der Waals surface area contributed by atoms with E-state index in [1.807, 2.05) is 48.5 Å². The number of amides is 3. The number of nitrogens with one attached hydrogen (secondary N) is 3. The molecule has 1 saturated carbocycles. The predicted molar refractivity (Wildman–Crippen MR) is 179 cm³/mol. The van der Waals surface area contributed by atoms with Crippen molar-refractivity contribution in [1.82, 2.24) is 15.2 Å². The first-order valence-electron chi connectivity index (χ1n) is 15.8. The van der Waals surface area contributed by atoms with Crippen LogP contribution in [0.3, 0.4) is 0 Å². The van der Waals surface area contributed by atoms with Crippen LogP contribution in [0.25, 0.3) is 11.3 Å². The number of benzene rings is 3. The minimum atomic E-state index is -0.481. The largest absolute Gasteiger partial charge is 0.496 e. The summed E-state index contributed by atoms with van der Waals surface area (Å²) in [6.07, 6.45) is 5.46. The van der Waals surface area contributed by atoms with Crippen molar-refractivity contribution in [2.75, 3.05) is 37.4 Å². The quantitative estimate of drug-likeness (QED) is 0.124. The van der Waals surface area contributed by atoms with Crippen LogP contribution in [0.4, 0.5) is 21.0 Å². The molecule has 1 heterocycles. The normalized spacial score (nSPS) is 13.3. The number of urea groups is 1. The van der Waals surface area contributed by atoms with E-state index >= 15 is 0 Å². The molecule has 3 amide bonds. The van der Waals surface area contributed by atoms with Crippen LogP contribution in [-0.4, -0.2) is 48.8 Å². The highest BCUT2D eigenvalue weighted by molar-refractivity contribution is 6.00. The van der Waals surface area contributed by atoms with E-state index in [0.717, 1.165) is 48.7 Å². The number of methoxy groups -OCH3 is 1. The first-order chi connectivity index (χ1) is 22.4. The summed E-state index contributed by atoms with van der Waals surface area (Å²) >= 11 is 0. The molecular formula is C36H43N5O5. The number of carbonyl (C=O) groups excluding carboxylic acids is 2. The van der Waals surface area contributed by atoms with Crippen LogP contribution < -0.4 is 20.7 Å². The summed E-state index contributed by atoms with van der Waals surface area (Å²) < 4.78 is 16.8. The molecule has 0 bridgehead atoms. The fraction of sp³-hybridized carbons (Fsp3) is 0.361. The second-order valence-corrected chi connectivity index (χ2v) is 12.1. The highest BCUT2D eigenvalue weighted by Crippen LogP contribution is 2.33. The first kappa shape index (κ1) is 32.6. The number of aromatic nitrogens is 1. The zero-order valence-electron chi connectivity index (χ0n) is 26.7. The summed E-state index contributed by atoms with van der Waals surface area (Å²) in [5.74, 6) is 2.48. The fourth-order valence-corrected chi connectivity index (χ4v) is 5.42. The Kier molecular flexibility index (Phi) is 11.3. The molecule has 10 heteroatoms. The van der Waals surface area contributed by atoms with Gasteiger partial charge in [0.05, 0.1) is 18.9 Å². The summed E-state index contributed by atoms with van der Waals surface area (Å²) in [6, 6.07) is 22.1. The Hall–Kier alpha value is -4.83. The van der Waals surface area contributed by atoms with Gasteiger partial charge < -0.3 is 34.7 Å². The number of carbonyl (C=O) groups is 2. The molecule has 3 aromatic carbocycles. The maximum absolute atomic E-state index is 13.0. The molecule has 1 atom stereocenters. The highest BCUT2D eigenvalue weighted by atomic mass is 16.6. The topological polar surface area (TPSA) is 118 Å². The van der Waals surface area contributed by atoms with Gasteiger partial charge in [-0.05, 0) is 60.1 Å². The number of oxazole rings is 1. The average molecular weight is 626 g/mol. The third kappa shape index (κ3) is 9.84. The summed E-state index contributed by atoms with van der Waals surface area (Å²) in [4.78, 5) is 32.2. The van der Waals surface area contributed by atoms with Gasteiger partial charge in [0.2, 0.25) is 0 Å². The van der Waals surface area contributed by atoms with Gasteiger partial charge in [0.1, 0.15) is 11.9 Å². The van der Waals surface area contributed by atoms with Crippen LogP contribution in [-0.2, 0) is 11.3 Å². The molecule has 1 aliphatic carbocycles.